The lowest BCUT2D eigenvalue weighted by Crippen LogP contribution is -2.24. The average Bonchev–Trinajstić information content (AvgIpc) is 3.00. The number of hydrogen-bond acceptors (Lipinski definition) is 3. The molecule has 4 unspecified atom stereocenters. The van der Waals surface area contributed by atoms with Gasteiger partial charge in [-0.1, -0.05) is 0 Å². The molecule has 1 N–H and O–H groups in total. The third-order valence-electron chi connectivity index (χ3n) is 4.08. The molecule has 0 saturated carbocycles. The summed E-state index contributed by atoms with van der Waals surface area (Å²) in [5.74, 6) is 0.0731. The largest absolute Gasteiger partial charge is 0.497 e. The Balaban J connectivity index is 1.82. The predicted octanol–water partition coefficient (Wildman–Crippen LogP) is 2.44. The summed E-state index contributed by atoms with van der Waals surface area (Å²) in [6, 6.07) is 4.59. The molecule has 0 aromatic heterocycles. The number of fused-ring (bicyclic) bond motifs is 2. The van der Waals surface area contributed by atoms with Crippen molar-refractivity contribution in [2.75, 3.05) is 7.11 Å². The Labute approximate surface area is 106 Å². The summed E-state index contributed by atoms with van der Waals surface area (Å²) in [5.41, 5.74) is 0.344. The van der Waals surface area contributed by atoms with Crippen molar-refractivity contribution in [3.63, 3.8) is 0 Å². The minimum atomic E-state index is -0.786. The van der Waals surface area contributed by atoms with Crippen molar-refractivity contribution in [3.05, 3.63) is 29.6 Å². The van der Waals surface area contributed by atoms with Gasteiger partial charge < -0.3 is 14.6 Å². The predicted molar refractivity (Wildman–Crippen MR) is 63.9 cm³/mol. The Bertz CT molecular complexity index is 449. The zero-order chi connectivity index (χ0) is 12.7. The van der Waals surface area contributed by atoms with Crippen molar-refractivity contribution in [2.24, 2.45) is 5.92 Å². The topological polar surface area (TPSA) is 38.7 Å². The quantitative estimate of drug-likeness (QED) is 0.898. The Kier molecular flexibility index (Phi) is 2.99. The molecular weight excluding hydrogens is 235 g/mol. The second-order valence-corrected chi connectivity index (χ2v) is 5.11. The van der Waals surface area contributed by atoms with Crippen molar-refractivity contribution in [1.29, 1.82) is 0 Å². The highest BCUT2D eigenvalue weighted by molar-refractivity contribution is 5.30. The molecule has 98 valence electrons. The molecule has 2 bridgehead atoms. The third-order valence-corrected chi connectivity index (χ3v) is 4.08. The molecule has 1 aromatic rings. The fourth-order valence-electron chi connectivity index (χ4n) is 3.11. The highest BCUT2D eigenvalue weighted by Gasteiger charge is 2.44. The van der Waals surface area contributed by atoms with Crippen LogP contribution < -0.4 is 4.74 Å². The van der Waals surface area contributed by atoms with E-state index >= 15 is 0 Å². The molecule has 2 aliphatic heterocycles. The van der Waals surface area contributed by atoms with Crippen molar-refractivity contribution in [2.45, 2.75) is 37.6 Å². The van der Waals surface area contributed by atoms with E-state index in [0.29, 0.717) is 11.3 Å². The maximum absolute atomic E-state index is 13.9. The maximum atomic E-state index is 13.9. The van der Waals surface area contributed by atoms with Gasteiger partial charge in [0.15, 0.2) is 0 Å². The number of hydrogen-bond donors (Lipinski definition) is 1. The minimum absolute atomic E-state index is 0.0200. The molecule has 0 spiro atoms. The summed E-state index contributed by atoms with van der Waals surface area (Å²) in [5, 5.41) is 10.3. The second-order valence-electron chi connectivity index (χ2n) is 5.11. The fourth-order valence-corrected chi connectivity index (χ4v) is 3.11. The Hall–Kier alpha value is -1.13. The van der Waals surface area contributed by atoms with Gasteiger partial charge >= 0.3 is 0 Å². The van der Waals surface area contributed by atoms with Gasteiger partial charge in [-0.15, -0.1) is 0 Å². The van der Waals surface area contributed by atoms with Crippen molar-refractivity contribution < 1.29 is 19.0 Å². The van der Waals surface area contributed by atoms with Gasteiger partial charge in [0.25, 0.3) is 0 Å². The fraction of sp³-hybridized carbons (Fsp3) is 0.571. The van der Waals surface area contributed by atoms with Crippen LogP contribution in [-0.2, 0) is 4.74 Å². The van der Waals surface area contributed by atoms with Gasteiger partial charge in [0.2, 0.25) is 0 Å². The molecule has 0 aliphatic carbocycles. The Morgan fingerprint density at radius 1 is 1.44 bits per heavy atom. The first-order valence-corrected chi connectivity index (χ1v) is 6.36. The van der Waals surface area contributed by atoms with Crippen LogP contribution in [0.5, 0.6) is 5.75 Å². The van der Waals surface area contributed by atoms with Crippen LogP contribution >= 0.6 is 0 Å². The van der Waals surface area contributed by atoms with Crippen LogP contribution in [0.2, 0.25) is 0 Å². The van der Waals surface area contributed by atoms with Crippen molar-refractivity contribution in [3.8, 4) is 5.75 Å². The average molecular weight is 252 g/mol. The van der Waals surface area contributed by atoms with Gasteiger partial charge in [0.05, 0.1) is 25.4 Å². The number of benzene rings is 1. The lowest BCUT2D eigenvalue weighted by Gasteiger charge is -2.24. The van der Waals surface area contributed by atoms with Gasteiger partial charge in [-0.25, -0.2) is 4.39 Å². The van der Waals surface area contributed by atoms with E-state index in [1.807, 2.05) is 0 Å². The summed E-state index contributed by atoms with van der Waals surface area (Å²) >= 11 is 0. The number of aliphatic hydroxyl groups is 1. The molecule has 2 heterocycles. The summed E-state index contributed by atoms with van der Waals surface area (Å²) in [7, 11) is 1.49. The number of ether oxygens (including phenoxy) is 2. The first-order chi connectivity index (χ1) is 8.69. The molecular formula is C14H17FO3. The van der Waals surface area contributed by atoms with Crippen molar-refractivity contribution >= 4 is 0 Å². The molecule has 1 aromatic carbocycles. The molecule has 2 aliphatic rings. The molecule has 0 amide bonds. The molecule has 0 radical (unpaired) electrons. The summed E-state index contributed by atoms with van der Waals surface area (Å²) in [6.45, 7) is 0. The van der Waals surface area contributed by atoms with Crippen LogP contribution in [0.3, 0.4) is 0 Å². The van der Waals surface area contributed by atoms with E-state index < -0.39 is 11.9 Å². The zero-order valence-corrected chi connectivity index (χ0v) is 10.3. The van der Waals surface area contributed by atoms with Crippen LogP contribution in [0.1, 0.15) is 30.9 Å². The van der Waals surface area contributed by atoms with E-state index in [0.717, 1.165) is 19.3 Å². The number of rotatable bonds is 3. The van der Waals surface area contributed by atoms with Gasteiger partial charge in [-0.3, -0.25) is 0 Å². The van der Waals surface area contributed by atoms with Crippen molar-refractivity contribution in [1.82, 2.24) is 0 Å². The molecule has 2 fully saturated rings. The number of halogens is 1. The molecule has 18 heavy (non-hydrogen) atoms. The van der Waals surface area contributed by atoms with Crippen LogP contribution in [0.4, 0.5) is 4.39 Å². The van der Waals surface area contributed by atoms with Crippen LogP contribution in [0, 0.1) is 11.7 Å². The van der Waals surface area contributed by atoms with Gasteiger partial charge in [-0.2, -0.15) is 0 Å². The van der Waals surface area contributed by atoms with E-state index in [1.54, 1.807) is 12.1 Å². The first kappa shape index (κ1) is 11.9. The highest BCUT2D eigenvalue weighted by atomic mass is 19.1. The smallest absolute Gasteiger partial charge is 0.132 e. The van der Waals surface area contributed by atoms with Gasteiger partial charge in [0, 0.05) is 17.5 Å². The second kappa shape index (κ2) is 4.52. The lowest BCUT2D eigenvalue weighted by atomic mass is 9.82. The summed E-state index contributed by atoms with van der Waals surface area (Å²) < 4.78 is 24.6. The first-order valence-electron chi connectivity index (χ1n) is 6.36. The highest BCUT2D eigenvalue weighted by Crippen LogP contribution is 2.45. The van der Waals surface area contributed by atoms with E-state index in [4.69, 9.17) is 9.47 Å². The zero-order valence-electron chi connectivity index (χ0n) is 10.3. The summed E-state index contributed by atoms with van der Waals surface area (Å²) in [6.07, 6.45) is 2.44. The molecule has 3 nitrogen and oxygen atoms in total. The maximum Gasteiger partial charge on any atom is 0.132 e. The SMILES string of the molecule is COc1ccc(C(O)C2CC3CCC2O3)c(F)c1. The molecule has 3 rings (SSSR count). The standard InChI is InChI=1S/C14H17FO3/c1-17-8-2-4-10(12(15)7-8)14(16)11-6-9-3-5-13(11)18-9/h2,4,7,9,11,13-14,16H,3,5-6H2,1H3. The third kappa shape index (κ3) is 1.89. The summed E-state index contributed by atoms with van der Waals surface area (Å²) in [4.78, 5) is 0. The van der Waals surface area contributed by atoms with Crippen LogP contribution in [-0.4, -0.2) is 24.4 Å². The molecule has 4 atom stereocenters. The number of methoxy groups -OCH3 is 1. The normalized spacial score (nSPS) is 31.6. The van der Waals surface area contributed by atoms with E-state index in [1.165, 1.54) is 13.2 Å². The van der Waals surface area contributed by atoms with E-state index in [2.05, 4.69) is 0 Å². The van der Waals surface area contributed by atoms with E-state index in [-0.39, 0.29) is 18.1 Å². The molecule has 4 heteroatoms. The van der Waals surface area contributed by atoms with Crippen LogP contribution in [0.25, 0.3) is 0 Å². The van der Waals surface area contributed by atoms with Gasteiger partial charge in [0.1, 0.15) is 11.6 Å². The Morgan fingerprint density at radius 2 is 2.28 bits per heavy atom. The van der Waals surface area contributed by atoms with E-state index in [9.17, 15) is 9.50 Å². The Morgan fingerprint density at radius 3 is 2.83 bits per heavy atom. The number of aliphatic hydroxyl groups excluding tert-OH is 1. The molecule has 2 saturated heterocycles. The lowest BCUT2D eigenvalue weighted by molar-refractivity contribution is 0.0406. The van der Waals surface area contributed by atoms with Gasteiger partial charge in [-0.05, 0) is 31.4 Å². The van der Waals surface area contributed by atoms with Crippen LogP contribution in [0.15, 0.2) is 18.2 Å². The monoisotopic (exact) mass is 252 g/mol. The minimum Gasteiger partial charge on any atom is -0.497 e.